The third kappa shape index (κ3) is 3.17. The molecule has 0 aliphatic heterocycles. The molecule has 0 bridgehead atoms. The number of nitrogens with one attached hydrogen (secondary N) is 1. The molecule has 0 aliphatic carbocycles. The highest BCUT2D eigenvalue weighted by molar-refractivity contribution is 7.90. The maximum absolute atomic E-state index is 11.1. The van der Waals surface area contributed by atoms with E-state index in [1.165, 1.54) is 18.3 Å². The Kier molecular flexibility index (Phi) is 3.21. The van der Waals surface area contributed by atoms with Gasteiger partial charge in [-0.25, -0.2) is 13.4 Å². The molecule has 1 aromatic heterocycles. The van der Waals surface area contributed by atoms with Crippen LogP contribution in [0, 0.1) is 0 Å². The Hall–Kier alpha value is -1.69. The number of nitrogens with zero attached hydrogens (tertiary/aromatic N) is 1. The predicted octanol–water partition coefficient (Wildman–Crippen LogP) is 0.610. The SMILES string of the molecule is C=CC(=O)Nc1ccc(S(C)(=O)=O)nc1. The topological polar surface area (TPSA) is 76.1 Å². The van der Waals surface area contributed by atoms with Crippen molar-refractivity contribution >= 4 is 21.4 Å². The lowest BCUT2D eigenvalue weighted by Gasteiger charge is -2.02. The van der Waals surface area contributed by atoms with Gasteiger partial charge < -0.3 is 5.32 Å². The zero-order chi connectivity index (χ0) is 11.5. The molecular weight excluding hydrogens is 216 g/mol. The molecule has 0 unspecified atom stereocenters. The van der Waals surface area contributed by atoms with Gasteiger partial charge in [-0.3, -0.25) is 4.79 Å². The largest absolute Gasteiger partial charge is 0.321 e. The number of rotatable bonds is 3. The standard InChI is InChI=1S/C9H10N2O3S/c1-3-8(12)11-7-4-5-9(10-6-7)15(2,13)14/h3-6H,1H2,2H3,(H,11,12). The number of carbonyl (C=O) groups is 1. The van der Waals surface area contributed by atoms with Crippen LogP contribution in [0.2, 0.25) is 0 Å². The molecule has 0 radical (unpaired) electrons. The molecule has 0 saturated carbocycles. The Balaban J connectivity index is 2.91. The second-order valence-electron chi connectivity index (χ2n) is 2.85. The van der Waals surface area contributed by atoms with Crippen molar-refractivity contribution in [1.82, 2.24) is 4.98 Å². The fourth-order valence-corrected chi connectivity index (χ4v) is 1.43. The summed E-state index contributed by atoms with van der Waals surface area (Å²) in [6, 6.07) is 2.79. The predicted molar refractivity (Wildman–Crippen MR) is 56.2 cm³/mol. The monoisotopic (exact) mass is 226 g/mol. The Morgan fingerprint density at radius 2 is 2.20 bits per heavy atom. The Morgan fingerprint density at radius 3 is 2.60 bits per heavy atom. The highest BCUT2D eigenvalue weighted by Gasteiger charge is 2.08. The minimum Gasteiger partial charge on any atom is -0.321 e. The lowest BCUT2D eigenvalue weighted by molar-refractivity contribution is -0.111. The first-order valence-electron chi connectivity index (χ1n) is 4.03. The number of anilines is 1. The maximum Gasteiger partial charge on any atom is 0.247 e. The summed E-state index contributed by atoms with van der Waals surface area (Å²) in [5.41, 5.74) is 0.423. The first-order valence-corrected chi connectivity index (χ1v) is 5.92. The maximum atomic E-state index is 11.1. The van der Waals surface area contributed by atoms with E-state index in [1.54, 1.807) is 0 Å². The molecule has 0 saturated heterocycles. The summed E-state index contributed by atoms with van der Waals surface area (Å²) in [7, 11) is -3.30. The first kappa shape index (κ1) is 11.4. The van der Waals surface area contributed by atoms with Crippen molar-refractivity contribution in [2.45, 2.75) is 5.03 Å². The van der Waals surface area contributed by atoms with Crippen molar-refractivity contribution in [2.75, 3.05) is 11.6 Å². The quantitative estimate of drug-likeness (QED) is 0.766. The van der Waals surface area contributed by atoms with Crippen molar-refractivity contribution in [2.24, 2.45) is 0 Å². The van der Waals surface area contributed by atoms with Gasteiger partial charge in [0.05, 0.1) is 11.9 Å². The molecule has 1 N–H and O–H groups in total. The molecular formula is C9H10N2O3S. The van der Waals surface area contributed by atoms with Crippen LogP contribution in [0.4, 0.5) is 5.69 Å². The third-order valence-corrected chi connectivity index (χ3v) is 2.57. The second-order valence-corrected chi connectivity index (χ2v) is 4.81. The van der Waals surface area contributed by atoms with E-state index >= 15 is 0 Å². The molecule has 1 heterocycles. The summed E-state index contributed by atoms with van der Waals surface area (Å²) in [4.78, 5) is 14.6. The molecule has 5 nitrogen and oxygen atoms in total. The molecule has 0 aromatic carbocycles. The molecule has 0 aliphatic rings. The van der Waals surface area contributed by atoms with Crippen molar-refractivity contribution in [1.29, 1.82) is 0 Å². The van der Waals surface area contributed by atoms with Crippen LogP contribution < -0.4 is 5.32 Å². The van der Waals surface area contributed by atoms with E-state index in [1.807, 2.05) is 0 Å². The second kappa shape index (κ2) is 4.22. The van der Waals surface area contributed by atoms with Crippen LogP contribution in [0.5, 0.6) is 0 Å². The summed E-state index contributed by atoms with van der Waals surface area (Å²) >= 11 is 0. The lowest BCUT2D eigenvalue weighted by atomic mass is 10.4. The van der Waals surface area contributed by atoms with E-state index in [4.69, 9.17) is 0 Å². The molecule has 1 amide bonds. The van der Waals surface area contributed by atoms with Gasteiger partial charge in [0.1, 0.15) is 0 Å². The van der Waals surface area contributed by atoms with Crippen LogP contribution in [-0.2, 0) is 14.6 Å². The van der Waals surface area contributed by atoms with Crippen molar-refractivity contribution < 1.29 is 13.2 Å². The lowest BCUT2D eigenvalue weighted by Crippen LogP contribution is -2.08. The molecule has 15 heavy (non-hydrogen) atoms. The minimum atomic E-state index is -3.30. The Morgan fingerprint density at radius 1 is 1.53 bits per heavy atom. The van der Waals surface area contributed by atoms with Gasteiger partial charge in [-0.2, -0.15) is 0 Å². The van der Waals surface area contributed by atoms with E-state index in [0.29, 0.717) is 5.69 Å². The van der Waals surface area contributed by atoms with E-state index in [9.17, 15) is 13.2 Å². The van der Waals surface area contributed by atoms with E-state index in [-0.39, 0.29) is 10.9 Å². The molecule has 6 heteroatoms. The number of carbonyl (C=O) groups excluding carboxylic acids is 1. The Bertz CT molecular complexity index is 477. The third-order valence-electron chi connectivity index (χ3n) is 1.57. The summed E-state index contributed by atoms with van der Waals surface area (Å²) in [6.07, 6.45) is 3.46. The molecule has 1 aromatic rings. The Labute approximate surface area is 87.8 Å². The number of aromatic nitrogens is 1. The fraction of sp³-hybridized carbons (Fsp3) is 0.111. The van der Waals surface area contributed by atoms with Crippen LogP contribution in [0.15, 0.2) is 36.0 Å². The van der Waals surface area contributed by atoms with Crippen LogP contribution in [0.25, 0.3) is 0 Å². The summed E-state index contributed by atoms with van der Waals surface area (Å²) < 4.78 is 22.1. The van der Waals surface area contributed by atoms with Crippen molar-refractivity contribution in [3.63, 3.8) is 0 Å². The number of amides is 1. The number of pyridine rings is 1. The van der Waals surface area contributed by atoms with Gasteiger partial charge >= 0.3 is 0 Å². The number of hydrogen-bond acceptors (Lipinski definition) is 4. The highest BCUT2D eigenvalue weighted by atomic mass is 32.2. The van der Waals surface area contributed by atoms with E-state index in [0.717, 1.165) is 12.3 Å². The van der Waals surface area contributed by atoms with Gasteiger partial charge in [0.15, 0.2) is 14.9 Å². The summed E-state index contributed by atoms with van der Waals surface area (Å²) in [5.74, 6) is -0.371. The fourth-order valence-electron chi connectivity index (χ4n) is 0.867. The molecule has 0 spiro atoms. The van der Waals surface area contributed by atoms with Gasteiger partial charge in [-0.15, -0.1) is 0 Å². The number of sulfone groups is 1. The zero-order valence-corrected chi connectivity index (χ0v) is 8.91. The molecule has 0 fully saturated rings. The van der Waals surface area contributed by atoms with Crippen LogP contribution in [-0.4, -0.2) is 25.6 Å². The minimum absolute atomic E-state index is 0.0286. The van der Waals surface area contributed by atoms with Crippen LogP contribution >= 0.6 is 0 Å². The molecule has 1 rings (SSSR count). The van der Waals surface area contributed by atoms with Crippen molar-refractivity contribution in [3.8, 4) is 0 Å². The van der Waals surface area contributed by atoms with E-state index in [2.05, 4.69) is 16.9 Å². The van der Waals surface area contributed by atoms with Crippen molar-refractivity contribution in [3.05, 3.63) is 31.0 Å². The normalized spacial score (nSPS) is 10.7. The zero-order valence-electron chi connectivity index (χ0n) is 8.10. The summed E-state index contributed by atoms with van der Waals surface area (Å²) in [6.45, 7) is 3.29. The summed E-state index contributed by atoms with van der Waals surface area (Å²) in [5, 5.41) is 2.43. The van der Waals surface area contributed by atoms with Gasteiger partial charge in [0.25, 0.3) is 0 Å². The smallest absolute Gasteiger partial charge is 0.247 e. The average Bonchev–Trinajstić information content (AvgIpc) is 2.17. The first-order chi connectivity index (χ1) is 6.93. The highest BCUT2D eigenvalue weighted by Crippen LogP contribution is 2.09. The van der Waals surface area contributed by atoms with Gasteiger partial charge in [0, 0.05) is 6.26 Å². The molecule has 0 atom stereocenters. The van der Waals surface area contributed by atoms with Gasteiger partial charge in [-0.1, -0.05) is 6.58 Å². The van der Waals surface area contributed by atoms with Gasteiger partial charge in [-0.05, 0) is 18.2 Å². The van der Waals surface area contributed by atoms with Gasteiger partial charge in [0.2, 0.25) is 5.91 Å². The molecule has 80 valence electrons. The average molecular weight is 226 g/mol. The van der Waals surface area contributed by atoms with Crippen LogP contribution in [0.1, 0.15) is 0 Å². The number of hydrogen-bond donors (Lipinski definition) is 1. The van der Waals surface area contributed by atoms with E-state index < -0.39 is 9.84 Å². The van der Waals surface area contributed by atoms with Crippen LogP contribution in [0.3, 0.4) is 0 Å².